The number of carbonyl (C=O) groups excluding carboxylic acids is 1. The van der Waals surface area contributed by atoms with Crippen molar-refractivity contribution in [3.8, 4) is 11.3 Å². The first kappa shape index (κ1) is 17.8. The zero-order valence-electron chi connectivity index (χ0n) is 14.3. The zero-order valence-corrected chi connectivity index (χ0v) is 15.1. The minimum absolute atomic E-state index is 0.0514. The minimum atomic E-state index is -0.950. The van der Waals surface area contributed by atoms with Gasteiger partial charge in [0.2, 0.25) is 11.7 Å². The number of nitrogens with zero attached hydrogens (tertiary/aromatic N) is 3. The molecule has 0 bridgehead atoms. The number of nitro benzene ring substituents is 1. The molecule has 2 aromatic carbocycles. The molecule has 2 aromatic heterocycles. The minimum Gasteiger partial charge on any atom is -0.325 e. The molecule has 0 aliphatic carbocycles. The molecule has 0 aliphatic heterocycles. The molecule has 0 atom stereocenters. The van der Waals surface area contributed by atoms with Crippen molar-refractivity contribution in [3.05, 3.63) is 81.7 Å². The third-order valence-electron chi connectivity index (χ3n) is 4.12. The Balaban J connectivity index is 1.53. The fraction of sp³-hybridized carbons (Fsp3) is 0.0526. The van der Waals surface area contributed by atoms with Crippen molar-refractivity contribution >= 4 is 33.6 Å². The summed E-state index contributed by atoms with van der Waals surface area (Å²) in [5.74, 6) is -1.31. The highest BCUT2D eigenvalue weighted by Gasteiger charge is 2.17. The molecule has 1 amide bonds. The number of carbonyl (C=O) groups is 1. The molecule has 0 fully saturated rings. The van der Waals surface area contributed by atoms with Crippen LogP contribution in [0.15, 0.2) is 60.1 Å². The van der Waals surface area contributed by atoms with Crippen molar-refractivity contribution in [2.45, 2.75) is 6.42 Å². The average molecular weight is 396 g/mol. The zero-order chi connectivity index (χ0) is 19.7. The smallest absolute Gasteiger partial charge is 0.306 e. The number of nitrogens with one attached hydrogen (secondary N) is 1. The quantitative estimate of drug-likeness (QED) is 0.402. The van der Waals surface area contributed by atoms with E-state index in [4.69, 9.17) is 0 Å². The number of rotatable bonds is 5. The summed E-state index contributed by atoms with van der Waals surface area (Å²) in [5.41, 5.74) is 2.01. The lowest BCUT2D eigenvalue weighted by molar-refractivity contribution is -0.387. The number of imidazole rings is 1. The van der Waals surface area contributed by atoms with Gasteiger partial charge in [0.15, 0.2) is 4.96 Å². The van der Waals surface area contributed by atoms with Crippen LogP contribution in [0.2, 0.25) is 0 Å². The summed E-state index contributed by atoms with van der Waals surface area (Å²) in [5, 5.41) is 15.2. The molecule has 2 heterocycles. The van der Waals surface area contributed by atoms with Crippen LogP contribution in [0.5, 0.6) is 0 Å². The number of hydrogen-bond acceptors (Lipinski definition) is 5. The van der Waals surface area contributed by atoms with Crippen molar-refractivity contribution in [3.63, 3.8) is 0 Å². The van der Waals surface area contributed by atoms with Gasteiger partial charge in [0.1, 0.15) is 0 Å². The molecule has 9 heteroatoms. The number of hydrogen-bond donors (Lipinski definition) is 1. The molecule has 7 nitrogen and oxygen atoms in total. The second kappa shape index (κ2) is 7.20. The van der Waals surface area contributed by atoms with Crippen LogP contribution in [0, 0.1) is 15.9 Å². The maximum atomic E-state index is 13.4. The summed E-state index contributed by atoms with van der Waals surface area (Å²) in [7, 11) is 0. The van der Waals surface area contributed by atoms with Gasteiger partial charge in [-0.1, -0.05) is 30.3 Å². The summed E-state index contributed by atoms with van der Waals surface area (Å²) in [6.07, 6.45) is 1.92. The highest BCUT2D eigenvalue weighted by molar-refractivity contribution is 7.15. The summed E-state index contributed by atoms with van der Waals surface area (Å²) in [6, 6.07) is 12.9. The Labute approximate surface area is 162 Å². The van der Waals surface area contributed by atoms with E-state index >= 15 is 0 Å². The lowest BCUT2D eigenvalue weighted by atomic mass is 10.2. The predicted molar refractivity (Wildman–Crippen MR) is 104 cm³/mol. The summed E-state index contributed by atoms with van der Waals surface area (Å²) in [4.78, 5) is 27.7. The summed E-state index contributed by atoms with van der Waals surface area (Å²) in [6.45, 7) is 0. The number of fused-ring (bicyclic) bond motifs is 1. The lowest BCUT2D eigenvalue weighted by Crippen LogP contribution is -2.15. The Hall–Kier alpha value is -3.59. The van der Waals surface area contributed by atoms with Gasteiger partial charge in [-0.05, 0) is 12.1 Å². The fourth-order valence-corrected chi connectivity index (χ4v) is 3.68. The molecule has 0 saturated carbocycles. The van der Waals surface area contributed by atoms with Crippen molar-refractivity contribution in [1.82, 2.24) is 9.38 Å². The van der Waals surface area contributed by atoms with Gasteiger partial charge in [0, 0.05) is 34.6 Å². The number of thiazole rings is 1. The SMILES string of the molecule is O=C(Cc1csc2nc(-c3ccccc3)cn12)Nc1ccc(F)c([N+](=O)[O-])c1. The summed E-state index contributed by atoms with van der Waals surface area (Å²) < 4.78 is 15.3. The third-order valence-corrected chi connectivity index (χ3v) is 5.01. The molecule has 28 heavy (non-hydrogen) atoms. The predicted octanol–water partition coefficient (Wildman–Crippen LogP) is 4.29. The number of anilines is 1. The van der Waals surface area contributed by atoms with Crippen LogP contribution in [0.4, 0.5) is 15.8 Å². The van der Waals surface area contributed by atoms with Crippen LogP contribution in [0.25, 0.3) is 16.2 Å². The van der Waals surface area contributed by atoms with Crippen LogP contribution in [-0.2, 0) is 11.2 Å². The first-order valence-corrected chi connectivity index (χ1v) is 9.14. The standard InChI is InChI=1S/C19H13FN4O3S/c20-15-7-6-13(8-17(15)24(26)27)21-18(25)9-14-11-28-19-22-16(10-23(14)19)12-4-2-1-3-5-12/h1-8,10-11H,9H2,(H,21,25). The van der Waals surface area contributed by atoms with Gasteiger partial charge in [-0.2, -0.15) is 4.39 Å². The van der Waals surface area contributed by atoms with Gasteiger partial charge in [-0.3, -0.25) is 19.3 Å². The number of nitro groups is 1. The molecule has 1 N–H and O–H groups in total. The Bertz CT molecular complexity index is 1190. The van der Waals surface area contributed by atoms with Gasteiger partial charge in [0.25, 0.3) is 0 Å². The second-order valence-corrected chi connectivity index (χ2v) is 6.86. The van der Waals surface area contributed by atoms with Gasteiger partial charge < -0.3 is 5.32 Å². The van der Waals surface area contributed by atoms with Crippen molar-refractivity contribution in [2.75, 3.05) is 5.32 Å². The Morgan fingerprint density at radius 2 is 2.04 bits per heavy atom. The van der Waals surface area contributed by atoms with E-state index in [2.05, 4.69) is 10.3 Å². The highest BCUT2D eigenvalue weighted by atomic mass is 32.1. The van der Waals surface area contributed by atoms with Crippen LogP contribution >= 0.6 is 11.3 Å². The van der Waals surface area contributed by atoms with E-state index in [1.807, 2.05) is 46.3 Å². The first-order valence-electron chi connectivity index (χ1n) is 8.26. The molecule has 4 rings (SSSR count). The van der Waals surface area contributed by atoms with Crippen molar-refractivity contribution in [1.29, 1.82) is 0 Å². The molecule has 0 unspecified atom stereocenters. The van der Waals surface area contributed by atoms with E-state index in [-0.39, 0.29) is 18.0 Å². The van der Waals surface area contributed by atoms with E-state index in [1.165, 1.54) is 17.4 Å². The Morgan fingerprint density at radius 3 is 2.79 bits per heavy atom. The third kappa shape index (κ3) is 3.47. The maximum Gasteiger partial charge on any atom is 0.306 e. The first-order chi connectivity index (χ1) is 13.5. The number of halogens is 1. The monoisotopic (exact) mass is 396 g/mol. The van der Waals surface area contributed by atoms with E-state index in [1.54, 1.807) is 0 Å². The number of benzene rings is 2. The highest BCUT2D eigenvalue weighted by Crippen LogP contribution is 2.25. The Morgan fingerprint density at radius 1 is 1.25 bits per heavy atom. The second-order valence-electron chi connectivity index (χ2n) is 6.02. The van der Waals surface area contributed by atoms with Gasteiger partial charge in [-0.15, -0.1) is 11.3 Å². The molecule has 0 spiro atoms. The molecule has 0 saturated heterocycles. The van der Waals surface area contributed by atoms with Gasteiger partial charge in [0.05, 0.1) is 17.0 Å². The number of amides is 1. The average Bonchev–Trinajstić information content (AvgIpc) is 3.26. The summed E-state index contributed by atoms with van der Waals surface area (Å²) >= 11 is 1.42. The molecule has 0 aliphatic rings. The van der Waals surface area contributed by atoms with Crippen molar-refractivity contribution in [2.24, 2.45) is 0 Å². The van der Waals surface area contributed by atoms with E-state index in [9.17, 15) is 19.3 Å². The molecule has 4 aromatic rings. The molecule has 0 radical (unpaired) electrons. The van der Waals surface area contributed by atoms with E-state index < -0.39 is 16.4 Å². The molecule has 140 valence electrons. The maximum absolute atomic E-state index is 13.4. The topological polar surface area (TPSA) is 89.5 Å². The van der Waals surface area contributed by atoms with E-state index in [0.29, 0.717) is 0 Å². The van der Waals surface area contributed by atoms with Crippen LogP contribution in [0.1, 0.15) is 5.69 Å². The Kier molecular flexibility index (Phi) is 4.58. The number of aromatic nitrogens is 2. The van der Waals surface area contributed by atoms with Crippen LogP contribution in [0.3, 0.4) is 0 Å². The molecular formula is C19H13FN4O3S. The van der Waals surface area contributed by atoms with Crippen molar-refractivity contribution < 1.29 is 14.1 Å². The van der Waals surface area contributed by atoms with Gasteiger partial charge in [-0.25, -0.2) is 4.98 Å². The fourth-order valence-electron chi connectivity index (χ4n) is 2.80. The van der Waals surface area contributed by atoms with Crippen LogP contribution < -0.4 is 5.32 Å². The molecular weight excluding hydrogens is 383 g/mol. The van der Waals surface area contributed by atoms with Gasteiger partial charge >= 0.3 is 5.69 Å². The van der Waals surface area contributed by atoms with E-state index in [0.717, 1.165) is 34.0 Å². The van der Waals surface area contributed by atoms with Crippen LogP contribution in [-0.4, -0.2) is 20.2 Å². The lowest BCUT2D eigenvalue weighted by Gasteiger charge is -2.05. The normalized spacial score (nSPS) is 10.9. The largest absolute Gasteiger partial charge is 0.325 e.